The first kappa shape index (κ1) is 13.8. The highest BCUT2D eigenvalue weighted by atomic mass is 79.9. The molecule has 0 aliphatic carbocycles. The molecule has 6 nitrogen and oxygen atoms in total. The van der Waals surface area contributed by atoms with Crippen LogP contribution in [0, 0.1) is 5.92 Å². The van der Waals surface area contributed by atoms with Gasteiger partial charge < -0.3 is 15.0 Å². The monoisotopic (exact) mass is 328 g/mol. The SMILES string of the molecule is O=C(O)[C@H]1CCCN(C(=O)c2c[nH]c(=O)c(Br)c2)C1. The third-order valence-corrected chi connectivity index (χ3v) is 3.75. The van der Waals surface area contributed by atoms with E-state index in [2.05, 4.69) is 20.9 Å². The molecule has 1 saturated heterocycles. The predicted octanol–water partition coefficient (Wildman–Crippen LogP) is 1.07. The minimum Gasteiger partial charge on any atom is -0.481 e. The lowest BCUT2D eigenvalue weighted by atomic mass is 9.98. The molecule has 19 heavy (non-hydrogen) atoms. The van der Waals surface area contributed by atoms with E-state index in [1.807, 2.05) is 0 Å². The molecular formula is C12H13BrN2O4. The Balaban J connectivity index is 2.16. The fourth-order valence-corrected chi connectivity index (χ4v) is 2.49. The lowest BCUT2D eigenvalue weighted by Gasteiger charge is -2.30. The summed E-state index contributed by atoms with van der Waals surface area (Å²) >= 11 is 3.06. The summed E-state index contributed by atoms with van der Waals surface area (Å²) in [4.78, 5) is 38.4. The second-order valence-corrected chi connectivity index (χ2v) is 5.35. The highest BCUT2D eigenvalue weighted by molar-refractivity contribution is 9.10. The van der Waals surface area contributed by atoms with E-state index in [1.54, 1.807) is 0 Å². The zero-order valence-corrected chi connectivity index (χ0v) is 11.6. The maximum atomic E-state index is 12.2. The van der Waals surface area contributed by atoms with Crippen molar-refractivity contribution in [2.45, 2.75) is 12.8 Å². The predicted molar refractivity (Wildman–Crippen MR) is 71.0 cm³/mol. The van der Waals surface area contributed by atoms with Gasteiger partial charge in [-0.05, 0) is 34.8 Å². The number of aliphatic carboxylic acids is 1. The highest BCUT2D eigenvalue weighted by Crippen LogP contribution is 2.19. The molecular weight excluding hydrogens is 316 g/mol. The molecule has 1 aliphatic rings. The number of aromatic amines is 1. The number of nitrogens with zero attached hydrogens (tertiary/aromatic N) is 1. The smallest absolute Gasteiger partial charge is 0.308 e. The average Bonchev–Trinajstić information content (AvgIpc) is 2.41. The van der Waals surface area contributed by atoms with Crippen LogP contribution in [0.15, 0.2) is 21.5 Å². The number of nitrogens with one attached hydrogen (secondary N) is 1. The average molecular weight is 329 g/mol. The van der Waals surface area contributed by atoms with Gasteiger partial charge in [0.25, 0.3) is 11.5 Å². The summed E-state index contributed by atoms with van der Waals surface area (Å²) in [7, 11) is 0. The van der Waals surface area contributed by atoms with Gasteiger partial charge in [-0.1, -0.05) is 0 Å². The van der Waals surface area contributed by atoms with Gasteiger partial charge >= 0.3 is 5.97 Å². The van der Waals surface area contributed by atoms with Crippen molar-refractivity contribution >= 4 is 27.8 Å². The molecule has 1 atom stereocenters. The van der Waals surface area contributed by atoms with Crippen LogP contribution < -0.4 is 5.56 Å². The molecule has 102 valence electrons. The van der Waals surface area contributed by atoms with E-state index in [0.717, 1.165) is 0 Å². The minimum absolute atomic E-state index is 0.213. The number of H-pyrrole nitrogens is 1. The first-order valence-electron chi connectivity index (χ1n) is 5.89. The number of halogens is 1. The van der Waals surface area contributed by atoms with E-state index >= 15 is 0 Å². The maximum absolute atomic E-state index is 12.2. The number of likely N-dealkylation sites (tertiary alicyclic amines) is 1. The molecule has 0 saturated carbocycles. The van der Waals surface area contributed by atoms with Crippen LogP contribution >= 0.6 is 15.9 Å². The number of carboxylic acid groups (broad SMARTS) is 1. The van der Waals surface area contributed by atoms with Crippen molar-refractivity contribution in [1.29, 1.82) is 0 Å². The third kappa shape index (κ3) is 3.04. The Kier molecular flexibility index (Phi) is 4.04. The van der Waals surface area contributed by atoms with E-state index in [4.69, 9.17) is 5.11 Å². The number of pyridine rings is 1. The van der Waals surface area contributed by atoms with Crippen LogP contribution in [0.4, 0.5) is 0 Å². The molecule has 1 fully saturated rings. The maximum Gasteiger partial charge on any atom is 0.308 e. The van der Waals surface area contributed by atoms with Crippen molar-refractivity contribution in [2.24, 2.45) is 5.92 Å². The standard InChI is InChI=1S/C12H13BrN2O4/c13-9-4-8(5-14-10(9)16)11(17)15-3-1-2-7(6-15)12(18)19/h4-5,7H,1-3,6H2,(H,14,16)(H,18,19)/t7-/m0/s1. The lowest BCUT2D eigenvalue weighted by molar-refractivity contribution is -0.143. The summed E-state index contributed by atoms with van der Waals surface area (Å²) in [6.07, 6.45) is 2.61. The first-order valence-corrected chi connectivity index (χ1v) is 6.68. The van der Waals surface area contributed by atoms with Crippen molar-refractivity contribution in [3.63, 3.8) is 0 Å². The number of amides is 1. The summed E-state index contributed by atoms with van der Waals surface area (Å²) in [6, 6.07) is 1.45. The van der Waals surface area contributed by atoms with Crippen LogP contribution in [0.25, 0.3) is 0 Å². The molecule has 0 radical (unpaired) electrons. The summed E-state index contributed by atoms with van der Waals surface area (Å²) in [6.45, 7) is 0.754. The second-order valence-electron chi connectivity index (χ2n) is 4.49. The van der Waals surface area contributed by atoms with Gasteiger partial charge in [0.1, 0.15) is 0 Å². The Bertz CT molecular complexity index is 569. The van der Waals surface area contributed by atoms with Crippen LogP contribution in [-0.4, -0.2) is 40.0 Å². The largest absolute Gasteiger partial charge is 0.481 e. The Labute approximate surface area is 117 Å². The zero-order valence-electron chi connectivity index (χ0n) is 10.1. The van der Waals surface area contributed by atoms with Crippen molar-refractivity contribution < 1.29 is 14.7 Å². The quantitative estimate of drug-likeness (QED) is 0.849. The number of aromatic nitrogens is 1. The third-order valence-electron chi connectivity index (χ3n) is 3.16. The van der Waals surface area contributed by atoms with Crippen LogP contribution in [0.5, 0.6) is 0 Å². The molecule has 2 N–H and O–H groups in total. The molecule has 1 amide bonds. The fraction of sp³-hybridized carbons (Fsp3) is 0.417. The fourth-order valence-electron chi connectivity index (χ4n) is 2.13. The van der Waals surface area contributed by atoms with Gasteiger partial charge in [0, 0.05) is 19.3 Å². The lowest BCUT2D eigenvalue weighted by Crippen LogP contribution is -2.42. The number of carboxylic acids is 1. The molecule has 0 bridgehead atoms. The molecule has 2 rings (SSSR count). The molecule has 2 heterocycles. The molecule has 7 heteroatoms. The first-order chi connectivity index (χ1) is 8.99. The number of carbonyl (C=O) groups excluding carboxylic acids is 1. The van der Waals surface area contributed by atoms with E-state index in [9.17, 15) is 14.4 Å². The van der Waals surface area contributed by atoms with Crippen molar-refractivity contribution in [3.8, 4) is 0 Å². The molecule has 0 aromatic carbocycles. The normalized spacial score (nSPS) is 19.2. The van der Waals surface area contributed by atoms with Gasteiger partial charge in [0.05, 0.1) is 16.0 Å². The molecule has 0 unspecified atom stereocenters. The number of hydrogen-bond acceptors (Lipinski definition) is 3. The number of rotatable bonds is 2. The second kappa shape index (κ2) is 5.56. The van der Waals surface area contributed by atoms with Gasteiger partial charge in [-0.15, -0.1) is 0 Å². The Hall–Kier alpha value is -1.63. The van der Waals surface area contributed by atoms with Crippen molar-refractivity contribution in [3.05, 3.63) is 32.7 Å². The molecule has 1 aliphatic heterocycles. The van der Waals surface area contributed by atoms with E-state index in [1.165, 1.54) is 17.2 Å². The van der Waals surface area contributed by atoms with Crippen LogP contribution in [-0.2, 0) is 4.79 Å². The van der Waals surface area contributed by atoms with Crippen LogP contribution in [0.1, 0.15) is 23.2 Å². The van der Waals surface area contributed by atoms with Gasteiger partial charge in [0.15, 0.2) is 0 Å². The van der Waals surface area contributed by atoms with Crippen LogP contribution in [0.2, 0.25) is 0 Å². The van der Waals surface area contributed by atoms with Gasteiger partial charge in [-0.25, -0.2) is 0 Å². The summed E-state index contributed by atoms with van der Waals surface area (Å²) < 4.78 is 0.283. The van der Waals surface area contributed by atoms with Gasteiger partial charge in [-0.3, -0.25) is 14.4 Å². The zero-order chi connectivity index (χ0) is 14.0. The molecule has 1 aromatic rings. The number of carbonyl (C=O) groups is 2. The van der Waals surface area contributed by atoms with Crippen LogP contribution in [0.3, 0.4) is 0 Å². The number of piperidine rings is 1. The Morgan fingerprint density at radius 1 is 1.47 bits per heavy atom. The highest BCUT2D eigenvalue weighted by Gasteiger charge is 2.28. The van der Waals surface area contributed by atoms with Gasteiger partial charge in [0.2, 0.25) is 0 Å². The van der Waals surface area contributed by atoms with E-state index in [0.29, 0.717) is 24.9 Å². The molecule has 1 aromatic heterocycles. The van der Waals surface area contributed by atoms with Crippen molar-refractivity contribution in [1.82, 2.24) is 9.88 Å². The van der Waals surface area contributed by atoms with E-state index < -0.39 is 11.9 Å². The summed E-state index contributed by atoms with van der Waals surface area (Å²) in [5.74, 6) is -1.65. The number of hydrogen-bond donors (Lipinski definition) is 2. The molecule has 0 spiro atoms. The Morgan fingerprint density at radius 2 is 2.21 bits per heavy atom. The van der Waals surface area contributed by atoms with Gasteiger partial charge in [-0.2, -0.15) is 0 Å². The van der Waals surface area contributed by atoms with Crippen molar-refractivity contribution in [2.75, 3.05) is 13.1 Å². The summed E-state index contributed by atoms with van der Waals surface area (Å²) in [5, 5.41) is 9.00. The topological polar surface area (TPSA) is 90.5 Å². The Morgan fingerprint density at radius 3 is 2.84 bits per heavy atom. The minimum atomic E-state index is -0.875. The summed E-state index contributed by atoms with van der Waals surface area (Å²) in [5.41, 5.74) is 0.0381. The van der Waals surface area contributed by atoms with E-state index in [-0.39, 0.29) is 22.5 Å².